The number of rotatable bonds is 3. The minimum atomic E-state index is -0.540. The van der Waals surface area contributed by atoms with E-state index in [2.05, 4.69) is 24.0 Å². The first kappa shape index (κ1) is 16.4. The first-order valence-corrected chi connectivity index (χ1v) is 8.40. The first-order valence-electron chi connectivity index (χ1n) is 7.21. The Morgan fingerprint density at radius 1 is 1.48 bits per heavy atom. The van der Waals surface area contributed by atoms with Gasteiger partial charge in [0.1, 0.15) is 11.4 Å². The molecule has 1 aromatic heterocycles. The molecule has 124 valence electrons. The van der Waals surface area contributed by atoms with E-state index in [4.69, 9.17) is 20.9 Å². The SMILES string of the molecule is CC(C)Oc1cc(N=c2onc3n2CC(C)(C)S3)c(F)cc1Cl. The smallest absolute Gasteiger partial charge is 0.329 e. The Labute approximate surface area is 142 Å². The molecule has 0 spiro atoms. The maximum atomic E-state index is 14.2. The molecule has 0 fully saturated rings. The number of aromatic nitrogens is 2. The molecular weight excluding hydrogens is 341 g/mol. The van der Waals surface area contributed by atoms with Crippen molar-refractivity contribution in [1.82, 2.24) is 9.72 Å². The quantitative estimate of drug-likeness (QED) is 0.827. The minimum absolute atomic E-state index is 0.00778. The second-order valence-corrected chi connectivity index (χ2v) is 8.29. The molecule has 0 N–H and O–H groups in total. The van der Waals surface area contributed by atoms with Gasteiger partial charge >= 0.3 is 5.68 Å². The largest absolute Gasteiger partial charge is 0.489 e. The summed E-state index contributed by atoms with van der Waals surface area (Å²) in [5.41, 5.74) is 0.362. The van der Waals surface area contributed by atoms with Gasteiger partial charge in [0.2, 0.25) is 5.16 Å². The third-order valence-corrected chi connectivity index (χ3v) is 4.61. The maximum absolute atomic E-state index is 14.2. The summed E-state index contributed by atoms with van der Waals surface area (Å²) in [6, 6.07) is 2.67. The van der Waals surface area contributed by atoms with Crippen molar-refractivity contribution in [3.63, 3.8) is 0 Å². The number of hydrogen-bond acceptors (Lipinski definition) is 5. The van der Waals surface area contributed by atoms with E-state index in [0.29, 0.717) is 12.3 Å². The van der Waals surface area contributed by atoms with Crippen molar-refractivity contribution in [2.45, 2.75) is 50.2 Å². The Bertz CT molecular complexity index is 814. The highest BCUT2D eigenvalue weighted by Crippen LogP contribution is 2.38. The average molecular weight is 358 g/mol. The second kappa shape index (κ2) is 5.87. The predicted octanol–water partition coefficient (Wildman–Crippen LogP) is 4.17. The molecule has 1 aromatic carbocycles. The molecule has 5 nitrogen and oxygen atoms in total. The maximum Gasteiger partial charge on any atom is 0.329 e. The van der Waals surface area contributed by atoms with Gasteiger partial charge in [-0.1, -0.05) is 23.4 Å². The fourth-order valence-corrected chi connectivity index (χ4v) is 3.47. The van der Waals surface area contributed by atoms with E-state index in [1.165, 1.54) is 12.1 Å². The number of nitrogens with zero attached hydrogens (tertiary/aromatic N) is 3. The van der Waals surface area contributed by atoms with Gasteiger partial charge in [-0.2, -0.15) is 4.99 Å². The van der Waals surface area contributed by atoms with Crippen molar-refractivity contribution in [3.05, 3.63) is 28.7 Å². The highest BCUT2D eigenvalue weighted by Gasteiger charge is 2.32. The standard InChI is InChI=1S/C15H17ClFN3O2S/c1-8(2)21-12-6-11(10(17)5-9(12)16)18-13-20-7-15(3,4)23-14(20)19-22-13/h5-6,8H,7H2,1-4H3. The Kier molecular flexibility index (Phi) is 4.18. The number of thioether (sulfide) groups is 1. The van der Waals surface area contributed by atoms with Crippen LogP contribution in [0.25, 0.3) is 0 Å². The Morgan fingerprint density at radius 2 is 2.22 bits per heavy atom. The van der Waals surface area contributed by atoms with Gasteiger partial charge in [0.05, 0.1) is 11.1 Å². The van der Waals surface area contributed by atoms with Crippen molar-refractivity contribution >= 4 is 29.1 Å². The van der Waals surface area contributed by atoms with Crippen molar-refractivity contribution in [3.8, 4) is 5.75 Å². The molecule has 3 rings (SSSR count). The van der Waals surface area contributed by atoms with Crippen LogP contribution in [0.1, 0.15) is 27.7 Å². The molecule has 0 saturated heterocycles. The van der Waals surface area contributed by atoms with Gasteiger partial charge < -0.3 is 9.26 Å². The van der Waals surface area contributed by atoms with E-state index in [1.54, 1.807) is 11.8 Å². The average Bonchev–Trinajstić information content (AvgIpc) is 2.91. The van der Waals surface area contributed by atoms with Gasteiger partial charge in [-0.3, -0.25) is 4.57 Å². The molecule has 2 aromatic rings. The fourth-order valence-electron chi connectivity index (χ4n) is 2.26. The van der Waals surface area contributed by atoms with Crippen LogP contribution >= 0.6 is 23.4 Å². The summed E-state index contributed by atoms with van der Waals surface area (Å²) < 4.78 is 26.8. The van der Waals surface area contributed by atoms with Crippen LogP contribution in [-0.4, -0.2) is 20.6 Å². The van der Waals surface area contributed by atoms with Gasteiger partial charge in [0.25, 0.3) is 0 Å². The lowest BCUT2D eigenvalue weighted by molar-refractivity contribution is 0.242. The number of benzene rings is 1. The topological polar surface area (TPSA) is 52.6 Å². The van der Waals surface area contributed by atoms with Crippen molar-refractivity contribution in [2.75, 3.05) is 0 Å². The summed E-state index contributed by atoms with van der Waals surface area (Å²) in [6.45, 7) is 8.64. The summed E-state index contributed by atoms with van der Waals surface area (Å²) in [4.78, 5) is 4.25. The van der Waals surface area contributed by atoms with E-state index >= 15 is 0 Å². The fraction of sp³-hybridized carbons (Fsp3) is 0.467. The van der Waals surface area contributed by atoms with E-state index in [0.717, 1.165) is 5.16 Å². The van der Waals surface area contributed by atoms with Crippen molar-refractivity contribution < 1.29 is 13.7 Å². The van der Waals surface area contributed by atoms with Gasteiger partial charge in [-0.05, 0) is 38.9 Å². The van der Waals surface area contributed by atoms with E-state index in [9.17, 15) is 4.39 Å². The zero-order valence-corrected chi connectivity index (χ0v) is 14.8. The van der Waals surface area contributed by atoms with Crippen LogP contribution in [-0.2, 0) is 6.54 Å². The molecular formula is C15H17ClFN3O2S. The second-order valence-electron chi connectivity index (χ2n) is 6.21. The number of hydrogen-bond donors (Lipinski definition) is 0. The van der Waals surface area contributed by atoms with Crippen LogP contribution in [0.3, 0.4) is 0 Å². The number of halogens is 2. The van der Waals surface area contributed by atoms with Crippen LogP contribution < -0.4 is 10.4 Å². The summed E-state index contributed by atoms with van der Waals surface area (Å²) in [5.74, 6) is -0.153. The summed E-state index contributed by atoms with van der Waals surface area (Å²) in [7, 11) is 0. The van der Waals surface area contributed by atoms with E-state index in [1.807, 2.05) is 18.4 Å². The molecule has 0 unspecified atom stereocenters. The molecule has 0 bridgehead atoms. The van der Waals surface area contributed by atoms with Gasteiger partial charge in [0.15, 0.2) is 5.82 Å². The van der Waals surface area contributed by atoms with Crippen LogP contribution in [0.4, 0.5) is 10.1 Å². The Balaban J connectivity index is 2.04. The Hall–Kier alpha value is -1.47. The minimum Gasteiger partial charge on any atom is -0.489 e. The molecule has 0 aliphatic carbocycles. The van der Waals surface area contributed by atoms with E-state index in [-0.39, 0.29) is 27.2 Å². The summed E-state index contributed by atoms with van der Waals surface area (Å²) in [6.07, 6.45) is -0.0769. The van der Waals surface area contributed by atoms with Gasteiger partial charge in [-0.25, -0.2) is 4.39 Å². The molecule has 0 saturated carbocycles. The first-order chi connectivity index (χ1) is 10.7. The van der Waals surface area contributed by atoms with Crippen LogP contribution in [0, 0.1) is 5.82 Å². The van der Waals surface area contributed by atoms with Crippen molar-refractivity contribution in [1.29, 1.82) is 0 Å². The summed E-state index contributed by atoms with van der Waals surface area (Å²) in [5, 5.41) is 4.93. The number of fused-ring (bicyclic) bond motifs is 1. The third kappa shape index (κ3) is 3.40. The Morgan fingerprint density at radius 3 is 2.91 bits per heavy atom. The lowest BCUT2D eigenvalue weighted by Crippen LogP contribution is -2.22. The molecule has 0 radical (unpaired) electrons. The van der Waals surface area contributed by atoms with Gasteiger partial charge in [-0.15, -0.1) is 0 Å². The third-order valence-electron chi connectivity index (χ3n) is 3.15. The van der Waals surface area contributed by atoms with E-state index < -0.39 is 5.82 Å². The lowest BCUT2D eigenvalue weighted by Gasteiger charge is -2.13. The molecule has 2 heterocycles. The molecule has 1 aliphatic rings. The molecule has 0 atom stereocenters. The summed E-state index contributed by atoms with van der Waals surface area (Å²) >= 11 is 7.61. The highest BCUT2D eigenvalue weighted by molar-refractivity contribution is 8.00. The molecule has 8 heteroatoms. The molecule has 0 amide bonds. The predicted molar refractivity (Wildman–Crippen MR) is 86.8 cm³/mol. The zero-order chi connectivity index (χ0) is 16.8. The van der Waals surface area contributed by atoms with Gasteiger partial charge in [0, 0.05) is 17.4 Å². The number of ether oxygens (including phenoxy) is 1. The normalized spacial score (nSPS) is 16.9. The highest BCUT2D eigenvalue weighted by atomic mass is 35.5. The van der Waals surface area contributed by atoms with Crippen LogP contribution in [0.5, 0.6) is 5.75 Å². The van der Waals surface area contributed by atoms with Crippen LogP contribution in [0.15, 0.2) is 26.8 Å². The zero-order valence-electron chi connectivity index (χ0n) is 13.3. The van der Waals surface area contributed by atoms with Crippen molar-refractivity contribution in [2.24, 2.45) is 4.99 Å². The lowest BCUT2D eigenvalue weighted by atomic mass is 10.2. The van der Waals surface area contributed by atoms with Crippen LogP contribution in [0.2, 0.25) is 5.02 Å². The molecule has 23 heavy (non-hydrogen) atoms. The monoisotopic (exact) mass is 357 g/mol. The molecule has 1 aliphatic heterocycles.